The molecule has 0 aliphatic carbocycles. The van der Waals surface area contributed by atoms with E-state index >= 15 is 8.78 Å². The number of Topliss-reactive ketones (excluding diaryl/α,β-unsaturated/α-hetero) is 1. The number of aromatic nitrogens is 1. The highest BCUT2D eigenvalue weighted by molar-refractivity contribution is 7.92. The Bertz CT molecular complexity index is 1430. The summed E-state index contributed by atoms with van der Waals surface area (Å²) in [5.74, 6) is -3.63. The number of rotatable bonds is 8. The maximum atomic E-state index is 15.2. The number of aryl methyl sites for hydroxylation is 1. The molecule has 1 N–H and O–H groups in total. The summed E-state index contributed by atoms with van der Waals surface area (Å²) in [5, 5.41) is 0. The Labute approximate surface area is 208 Å². The molecule has 2 heterocycles. The van der Waals surface area contributed by atoms with Crippen LogP contribution in [0.25, 0.3) is 11.1 Å². The second-order valence-corrected chi connectivity index (χ2v) is 10.7. The van der Waals surface area contributed by atoms with Gasteiger partial charge in [0.2, 0.25) is 15.9 Å². The number of hydrogen-bond donors (Lipinski definition) is 1. The second kappa shape index (κ2) is 10.1. The first-order valence-corrected chi connectivity index (χ1v) is 13.2. The van der Waals surface area contributed by atoms with Crippen LogP contribution in [-0.4, -0.2) is 37.9 Å². The summed E-state index contributed by atoms with van der Waals surface area (Å²) in [6.45, 7) is 2.05. The summed E-state index contributed by atoms with van der Waals surface area (Å²) in [6.07, 6.45) is 3.07. The molecule has 7 nitrogen and oxygen atoms in total. The first-order valence-electron chi connectivity index (χ1n) is 11.3. The number of carbonyl (C=O) groups is 2. The smallest absolute Gasteiger partial charge is 0.230 e. The van der Waals surface area contributed by atoms with E-state index in [0.29, 0.717) is 12.1 Å². The third-order valence-electron chi connectivity index (χ3n) is 6.01. The van der Waals surface area contributed by atoms with E-state index in [1.165, 1.54) is 24.3 Å². The molecule has 1 fully saturated rings. The highest BCUT2D eigenvalue weighted by Gasteiger charge is 2.36. The van der Waals surface area contributed by atoms with Crippen LogP contribution >= 0.6 is 0 Å². The fourth-order valence-electron chi connectivity index (χ4n) is 4.28. The van der Waals surface area contributed by atoms with Gasteiger partial charge in [0.05, 0.1) is 17.6 Å². The van der Waals surface area contributed by atoms with E-state index in [9.17, 15) is 18.0 Å². The number of benzene rings is 2. The zero-order valence-corrected chi connectivity index (χ0v) is 20.6. The average molecular weight is 514 g/mol. The highest BCUT2D eigenvalue weighted by atomic mass is 32.2. The molecule has 0 saturated carbocycles. The summed E-state index contributed by atoms with van der Waals surface area (Å²) in [5.41, 5.74) is 1.49. The van der Waals surface area contributed by atoms with Crippen molar-refractivity contribution < 1.29 is 26.8 Å². The first-order chi connectivity index (χ1) is 17.0. The van der Waals surface area contributed by atoms with Crippen molar-refractivity contribution in [3.63, 3.8) is 0 Å². The Morgan fingerprint density at radius 3 is 2.53 bits per heavy atom. The van der Waals surface area contributed by atoms with E-state index in [1.807, 2.05) is 13.0 Å². The fourth-order valence-corrected chi connectivity index (χ4v) is 4.86. The van der Waals surface area contributed by atoms with Gasteiger partial charge in [0.25, 0.3) is 0 Å². The minimum atomic E-state index is -3.65. The summed E-state index contributed by atoms with van der Waals surface area (Å²) in [7, 11) is -3.65. The van der Waals surface area contributed by atoms with Gasteiger partial charge in [-0.25, -0.2) is 17.2 Å². The van der Waals surface area contributed by atoms with E-state index in [2.05, 4.69) is 9.71 Å². The van der Waals surface area contributed by atoms with Gasteiger partial charge in [-0.2, -0.15) is 0 Å². The van der Waals surface area contributed by atoms with Crippen molar-refractivity contribution in [3.05, 3.63) is 77.6 Å². The molecule has 1 atom stereocenters. The molecule has 10 heteroatoms. The third-order valence-corrected chi connectivity index (χ3v) is 6.60. The molecular weight excluding hydrogens is 488 g/mol. The van der Waals surface area contributed by atoms with Crippen LogP contribution in [0.4, 0.5) is 20.2 Å². The number of halogens is 2. The number of pyridine rings is 1. The van der Waals surface area contributed by atoms with Crippen LogP contribution < -0.4 is 9.62 Å². The molecule has 0 radical (unpaired) electrons. The summed E-state index contributed by atoms with van der Waals surface area (Å²) < 4.78 is 56.0. The Kier molecular flexibility index (Phi) is 7.16. The standard InChI is InChI=1S/C26H25F2N3O4S/c1-16-7-8-18(29-15-16)14-19(32)13-17-11-12-31(26(17)33)23-10-9-21(24(27)25(23)28)20-5-3-4-6-22(20)30-36(2,34)35/h3-10,15,17,30H,11-14H2,1-2H3/t17-/m0/s1. The van der Waals surface area contributed by atoms with Gasteiger partial charge in [-0.3, -0.25) is 19.3 Å². The number of amides is 1. The lowest BCUT2D eigenvalue weighted by molar-refractivity contribution is -0.125. The van der Waals surface area contributed by atoms with Crippen molar-refractivity contribution >= 4 is 33.1 Å². The summed E-state index contributed by atoms with van der Waals surface area (Å²) >= 11 is 0. The molecule has 188 valence electrons. The number of ketones is 1. The first kappa shape index (κ1) is 25.4. The number of hydrogen-bond acceptors (Lipinski definition) is 5. The predicted molar refractivity (Wildman–Crippen MR) is 133 cm³/mol. The molecule has 1 amide bonds. The number of sulfonamides is 1. The fraction of sp³-hybridized carbons (Fsp3) is 0.269. The molecular formula is C26H25F2N3O4S. The molecule has 1 aliphatic rings. The Morgan fingerprint density at radius 1 is 1.08 bits per heavy atom. The van der Waals surface area contributed by atoms with Gasteiger partial charge in [-0.05, 0) is 43.2 Å². The number of nitrogens with zero attached hydrogens (tertiary/aromatic N) is 2. The van der Waals surface area contributed by atoms with Crippen molar-refractivity contribution in [2.45, 2.75) is 26.2 Å². The van der Waals surface area contributed by atoms with Crippen LogP contribution in [0.5, 0.6) is 0 Å². The van der Waals surface area contributed by atoms with E-state index in [4.69, 9.17) is 0 Å². The molecule has 3 aromatic rings. The van der Waals surface area contributed by atoms with Crippen LogP contribution in [0.1, 0.15) is 24.1 Å². The number of nitrogens with one attached hydrogen (secondary N) is 1. The molecule has 0 unspecified atom stereocenters. The highest BCUT2D eigenvalue weighted by Crippen LogP contribution is 2.37. The maximum Gasteiger partial charge on any atom is 0.230 e. The topological polar surface area (TPSA) is 96.4 Å². The van der Waals surface area contributed by atoms with Gasteiger partial charge in [0.15, 0.2) is 11.6 Å². The zero-order valence-electron chi connectivity index (χ0n) is 19.8. The van der Waals surface area contributed by atoms with Crippen molar-refractivity contribution in [1.82, 2.24) is 4.98 Å². The molecule has 4 rings (SSSR count). The van der Waals surface area contributed by atoms with E-state index in [-0.39, 0.29) is 47.7 Å². The Balaban J connectivity index is 1.52. The van der Waals surface area contributed by atoms with Crippen LogP contribution in [0.3, 0.4) is 0 Å². The zero-order chi connectivity index (χ0) is 26.0. The van der Waals surface area contributed by atoms with Gasteiger partial charge in [0.1, 0.15) is 5.78 Å². The second-order valence-electron chi connectivity index (χ2n) is 8.90. The van der Waals surface area contributed by atoms with Crippen molar-refractivity contribution in [1.29, 1.82) is 0 Å². The van der Waals surface area contributed by atoms with Crippen molar-refractivity contribution in [2.24, 2.45) is 5.92 Å². The Morgan fingerprint density at radius 2 is 1.83 bits per heavy atom. The lowest BCUT2D eigenvalue weighted by Gasteiger charge is -2.19. The molecule has 1 saturated heterocycles. The van der Waals surface area contributed by atoms with E-state index < -0.39 is 33.5 Å². The normalized spacial score (nSPS) is 15.8. The largest absolute Gasteiger partial charge is 0.309 e. The predicted octanol–water partition coefficient (Wildman–Crippen LogP) is 4.26. The Hall–Kier alpha value is -3.66. The summed E-state index contributed by atoms with van der Waals surface area (Å²) in [4.78, 5) is 30.8. The van der Waals surface area contributed by atoms with E-state index in [1.54, 1.807) is 24.4 Å². The molecule has 1 aliphatic heterocycles. The molecule has 0 bridgehead atoms. The lowest BCUT2D eigenvalue weighted by Crippen LogP contribution is -2.29. The average Bonchev–Trinajstić information content (AvgIpc) is 3.16. The van der Waals surface area contributed by atoms with Gasteiger partial charge < -0.3 is 4.90 Å². The van der Waals surface area contributed by atoms with Crippen LogP contribution in [0, 0.1) is 24.5 Å². The number of para-hydroxylation sites is 1. The van der Waals surface area contributed by atoms with Crippen LogP contribution in [-0.2, 0) is 26.0 Å². The van der Waals surface area contributed by atoms with Gasteiger partial charge in [0, 0.05) is 48.3 Å². The quantitative estimate of drug-likeness (QED) is 0.486. The number of anilines is 2. The van der Waals surface area contributed by atoms with Gasteiger partial charge >= 0.3 is 0 Å². The van der Waals surface area contributed by atoms with Crippen molar-refractivity contribution in [3.8, 4) is 11.1 Å². The minimum absolute atomic E-state index is 0.00237. The van der Waals surface area contributed by atoms with Crippen LogP contribution in [0.15, 0.2) is 54.7 Å². The molecule has 1 aromatic heterocycles. The number of carbonyl (C=O) groups excluding carboxylic acids is 2. The monoisotopic (exact) mass is 513 g/mol. The SMILES string of the molecule is Cc1ccc(CC(=O)C[C@@H]2CCN(c3ccc(-c4ccccc4NS(C)(=O)=O)c(F)c3F)C2=O)nc1. The molecule has 36 heavy (non-hydrogen) atoms. The summed E-state index contributed by atoms with van der Waals surface area (Å²) in [6, 6.07) is 12.3. The lowest BCUT2D eigenvalue weighted by atomic mass is 9.98. The van der Waals surface area contributed by atoms with Gasteiger partial charge in [-0.15, -0.1) is 0 Å². The maximum absolute atomic E-state index is 15.2. The molecule has 2 aromatic carbocycles. The van der Waals surface area contributed by atoms with Crippen molar-refractivity contribution in [2.75, 3.05) is 22.4 Å². The van der Waals surface area contributed by atoms with Crippen LogP contribution in [0.2, 0.25) is 0 Å². The minimum Gasteiger partial charge on any atom is -0.309 e. The van der Waals surface area contributed by atoms with Gasteiger partial charge in [-0.1, -0.05) is 24.3 Å². The third kappa shape index (κ3) is 5.59. The van der Waals surface area contributed by atoms with E-state index in [0.717, 1.165) is 16.7 Å². The molecule has 0 spiro atoms.